The minimum Gasteiger partial charge on any atom is -0.490 e. The Hall–Kier alpha value is -2.81. The molecule has 198 valence electrons. The molecule has 10 heteroatoms. The first-order valence-corrected chi connectivity index (χ1v) is 13.3. The molecule has 0 spiro atoms. The average Bonchev–Trinajstić information content (AvgIpc) is 3.33. The van der Waals surface area contributed by atoms with Crippen LogP contribution in [0.2, 0.25) is 10.0 Å². The van der Waals surface area contributed by atoms with Gasteiger partial charge in [-0.15, -0.1) is 0 Å². The summed E-state index contributed by atoms with van der Waals surface area (Å²) in [4.78, 5) is 19.7. The average molecular weight is 547 g/mol. The molecule has 37 heavy (non-hydrogen) atoms. The Morgan fingerprint density at radius 2 is 1.84 bits per heavy atom. The van der Waals surface area contributed by atoms with Crippen molar-refractivity contribution in [2.24, 2.45) is 5.92 Å². The van der Waals surface area contributed by atoms with Gasteiger partial charge in [0, 0.05) is 16.5 Å². The lowest BCUT2D eigenvalue weighted by Crippen LogP contribution is -2.40. The number of amides is 1. The second-order valence-electron chi connectivity index (χ2n) is 8.99. The highest BCUT2D eigenvalue weighted by atomic mass is 35.5. The van der Waals surface area contributed by atoms with Crippen molar-refractivity contribution in [3.8, 4) is 22.9 Å². The lowest BCUT2D eigenvalue weighted by molar-refractivity contribution is -0.127. The molecule has 1 fully saturated rings. The van der Waals surface area contributed by atoms with Gasteiger partial charge in [0.25, 0.3) is 0 Å². The zero-order chi connectivity index (χ0) is 26.4. The molecular weight excluding hydrogens is 515 g/mol. The predicted octanol–water partition coefficient (Wildman–Crippen LogP) is 5.93. The quantitative estimate of drug-likeness (QED) is 0.337. The molecule has 0 radical (unpaired) electrons. The topological polar surface area (TPSA) is 89.7 Å². The molecule has 1 amide bonds. The summed E-state index contributed by atoms with van der Waals surface area (Å²) in [5.41, 5.74) is 1.65. The van der Waals surface area contributed by atoms with Gasteiger partial charge in [0.2, 0.25) is 17.6 Å². The van der Waals surface area contributed by atoms with Gasteiger partial charge in [0.15, 0.2) is 11.5 Å². The van der Waals surface area contributed by atoms with Gasteiger partial charge in [-0.2, -0.15) is 4.98 Å². The Balaban J connectivity index is 1.29. The summed E-state index contributed by atoms with van der Waals surface area (Å²) in [6, 6.07) is 10.8. The van der Waals surface area contributed by atoms with E-state index in [1.807, 2.05) is 39.0 Å². The Bertz CT molecular complexity index is 1210. The van der Waals surface area contributed by atoms with Gasteiger partial charge in [-0.25, -0.2) is 0 Å². The van der Waals surface area contributed by atoms with Crippen LogP contribution < -0.4 is 14.8 Å². The van der Waals surface area contributed by atoms with E-state index in [1.54, 1.807) is 18.2 Å². The van der Waals surface area contributed by atoms with Crippen LogP contribution in [0.15, 0.2) is 40.9 Å². The van der Waals surface area contributed by atoms with Crippen LogP contribution in [0.25, 0.3) is 11.4 Å². The molecule has 1 unspecified atom stereocenters. The van der Waals surface area contributed by atoms with Crippen molar-refractivity contribution in [1.82, 2.24) is 20.4 Å². The van der Waals surface area contributed by atoms with E-state index in [2.05, 4.69) is 20.4 Å². The van der Waals surface area contributed by atoms with Crippen LogP contribution in [0.4, 0.5) is 0 Å². The Morgan fingerprint density at radius 3 is 2.54 bits per heavy atom. The van der Waals surface area contributed by atoms with E-state index in [9.17, 15) is 4.79 Å². The summed E-state index contributed by atoms with van der Waals surface area (Å²) in [5, 5.41) is 8.25. The molecule has 0 saturated carbocycles. The van der Waals surface area contributed by atoms with Crippen molar-refractivity contribution >= 4 is 29.1 Å². The minimum absolute atomic E-state index is 0.0427. The molecule has 2 aromatic carbocycles. The van der Waals surface area contributed by atoms with E-state index < -0.39 is 0 Å². The summed E-state index contributed by atoms with van der Waals surface area (Å²) < 4.78 is 16.8. The molecule has 1 aliphatic rings. The van der Waals surface area contributed by atoms with E-state index in [-0.39, 0.29) is 17.9 Å². The van der Waals surface area contributed by atoms with Gasteiger partial charge in [0.1, 0.15) is 0 Å². The number of hydrogen-bond acceptors (Lipinski definition) is 7. The van der Waals surface area contributed by atoms with Crippen LogP contribution in [0.3, 0.4) is 0 Å². The Kier molecular flexibility index (Phi) is 9.29. The van der Waals surface area contributed by atoms with Gasteiger partial charge in [-0.3, -0.25) is 9.69 Å². The number of benzene rings is 2. The molecule has 4 rings (SSSR count). The van der Waals surface area contributed by atoms with Crippen molar-refractivity contribution in [3.63, 3.8) is 0 Å². The summed E-state index contributed by atoms with van der Waals surface area (Å²) in [6.45, 7) is 9.03. The van der Waals surface area contributed by atoms with Crippen molar-refractivity contribution in [2.45, 2.75) is 46.2 Å². The van der Waals surface area contributed by atoms with Gasteiger partial charge in [-0.05, 0) is 82.6 Å². The van der Waals surface area contributed by atoms with Crippen LogP contribution in [0, 0.1) is 5.92 Å². The normalized spacial score (nSPS) is 15.4. The Labute approximate surface area is 227 Å². The maximum absolute atomic E-state index is 13.0. The summed E-state index contributed by atoms with van der Waals surface area (Å²) in [5.74, 6) is 2.37. The molecule has 3 aromatic rings. The molecule has 0 bridgehead atoms. The fraction of sp³-hybridized carbons (Fsp3) is 0.444. The maximum atomic E-state index is 13.0. The van der Waals surface area contributed by atoms with Crippen molar-refractivity contribution < 1.29 is 18.8 Å². The number of aromatic nitrogens is 2. The predicted molar refractivity (Wildman–Crippen MR) is 143 cm³/mol. The highest BCUT2D eigenvalue weighted by Gasteiger charge is 2.27. The summed E-state index contributed by atoms with van der Waals surface area (Å²) in [6.07, 6.45) is 1.52. The van der Waals surface area contributed by atoms with Crippen LogP contribution >= 0.6 is 23.2 Å². The van der Waals surface area contributed by atoms with Crippen molar-refractivity contribution in [1.29, 1.82) is 0 Å². The number of carbonyl (C=O) groups is 1. The zero-order valence-electron chi connectivity index (χ0n) is 21.3. The monoisotopic (exact) mass is 546 g/mol. The smallest absolute Gasteiger partial charge is 0.241 e. The molecule has 0 aliphatic carbocycles. The molecule has 1 saturated heterocycles. The van der Waals surface area contributed by atoms with Crippen molar-refractivity contribution in [3.05, 3.63) is 57.9 Å². The third kappa shape index (κ3) is 6.94. The first-order valence-electron chi connectivity index (χ1n) is 12.6. The molecule has 8 nitrogen and oxygen atoms in total. The molecule has 1 aromatic heterocycles. The Morgan fingerprint density at radius 1 is 1.11 bits per heavy atom. The van der Waals surface area contributed by atoms with Crippen LogP contribution in [-0.4, -0.2) is 47.3 Å². The number of nitrogens with one attached hydrogen (secondary N) is 1. The first kappa shape index (κ1) is 27.2. The van der Waals surface area contributed by atoms with Gasteiger partial charge in [-0.1, -0.05) is 34.4 Å². The lowest BCUT2D eigenvalue weighted by atomic mass is 9.95. The SMILES string of the molecule is CCOc1ccc(C(C)NC(=O)C2CCN(Cc3nc(-c4ccc(Cl)cc4Cl)no3)CC2)cc1OCC. The van der Waals surface area contributed by atoms with Crippen molar-refractivity contribution in [2.75, 3.05) is 26.3 Å². The van der Waals surface area contributed by atoms with Gasteiger partial charge < -0.3 is 19.3 Å². The van der Waals surface area contributed by atoms with E-state index in [4.69, 9.17) is 37.2 Å². The van der Waals surface area contributed by atoms with Gasteiger partial charge in [0.05, 0.1) is 30.8 Å². The largest absolute Gasteiger partial charge is 0.490 e. The lowest BCUT2D eigenvalue weighted by Gasteiger charge is -2.31. The van der Waals surface area contributed by atoms with Crippen LogP contribution in [-0.2, 0) is 11.3 Å². The molecule has 1 aliphatic heterocycles. The highest BCUT2D eigenvalue weighted by Crippen LogP contribution is 2.31. The minimum atomic E-state index is -0.142. The zero-order valence-corrected chi connectivity index (χ0v) is 22.8. The summed E-state index contributed by atoms with van der Waals surface area (Å²) in [7, 11) is 0. The molecule has 1 atom stereocenters. The van der Waals surface area contributed by atoms with E-state index >= 15 is 0 Å². The molecule has 1 N–H and O–H groups in total. The van der Waals surface area contributed by atoms with E-state index in [0.717, 1.165) is 31.5 Å². The number of likely N-dealkylation sites (tertiary alicyclic amines) is 1. The number of nitrogens with zero attached hydrogens (tertiary/aromatic N) is 3. The van der Waals surface area contributed by atoms with E-state index in [1.165, 1.54) is 0 Å². The first-order chi connectivity index (χ1) is 17.9. The third-order valence-corrected chi connectivity index (χ3v) is 6.93. The number of rotatable bonds is 10. The number of piperidine rings is 1. The third-order valence-electron chi connectivity index (χ3n) is 6.38. The fourth-order valence-electron chi connectivity index (χ4n) is 4.40. The van der Waals surface area contributed by atoms with Gasteiger partial charge >= 0.3 is 0 Å². The number of halogens is 2. The highest BCUT2D eigenvalue weighted by molar-refractivity contribution is 6.36. The molecule has 2 heterocycles. The number of carbonyl (C=O) groups excluding carboxylic acids is 1. The second-order valence-corrected chi connectivity index (χ2v) is 9.83. The maximum Gasteiger partial charge on any atom is 0.241 e. The van der Waals surface area contributed by atoms with Crippen LogP contribution in [0.1, 0.15) is 51.1 Å². The van der Waals surface area contributed by atoms with E-state index in [0.29, 0.717) is 58.6 Å². The number of hydrogen-bond donors (Lipinski definition) is 1. The molecular formula is C27H32Cl2N4O4. The second kappa shape index (κ2) is 12.6. The summed E-state index contributed by atoms with van der Waals surface area (Å²) >= 11 is 12.2. The van der Waals surface area contributed by atoms with Crippen LogP contribution in [0.5, 0.6) is 11.5 Å². The standard InChI is InChI=1S/C27H32Cl2N4O4/c1-4-35-23-9-6-19(14-24(23)36-5-2)17(3)30-27(34)18-10-12-33(13-11-18)16-25-31-26(32-37-25)21-8-7-20(28)15-22(21)29/h6-9,14-15,17-18H,4-5,10-13,16H2,1-3H3,(H,30,34). The fourth-order valence-corrected chi connectivity index (χ4v) is 4.89. The number of ether oxygens (including phenoxy) is 2.